The minimum absolute atomic E-state index is 0.258. The smallest absolute Gasteiger partial charge is 0.265 e. The first-order valence-corrected chi connectivity index (χ1v) is 10.8. The number of nitrogens with zero attached hydrogens (tertiary/aromatic N) is 1. The Hall–Kier alpha value is -2.86. The van der Waals surface area contributed by atoms with Gasteiger partial charge in [0.1, 0.15) is 6.54 Å². The average Bonchev–Trinajstić information content (AvgIpc) is 2.91. The number of nitrogens with one attached hydrogen (secondary N) is 1. The number of carbonyl (C=O) groups excluding carboxylic acids is 1. The van der Waals surface area contributed by atoms with Gasteiger partial charge in [-0.3, -0.25) is 9.10 Å². The van der Waals surface area contributed by atoms with E-state index in [-0.39, 0.29) is 17.3 Å². The van der Waals surface area contributed by atoms with Gasteiger partial charge in [-0.2, -0.15) is 0 Å². The van der Waals surface area contributed by atoms with Crippen molar-refractivity contribution in [1.82, 2.24) is 0 Å². The predicted octanol–water partition coefficient (Wildman–Crippen LogP) is 4.50. The second-order valence-electron chi connectivity index (χ2n) is 7.09. The van der Waals surface area contributed by atoms with E-state index < -0.39 is 10.0 Å². The molecule has 3 aromatic carbocycles. The molecule has 0 radical (unpaired) electrons. The summed E-state index contributed by atoms with van der Waals surface area (Å²) in [4.78, 5) is 13.0. The van der Waals surface area contributed by atoms with E-state index in [0.717, 1.165) is 23.1 Å². The van der Waals surface area contributed by atoms with Crippen molar-refractivity contribution in [2.45, 2.75) is 31.1 Å². The molecule has 0 saturated heterocycles. The molecule has 1 aliphatic rings. The van der Waals surface area contributed by atoms with Crippen molar-refractivity contribution >= 4 is 38.1 Å². The topological polar surface area (TPSA) is 66.5 Å². The molecule has 1 aliphatic heterocycles. The molecule has 0 bridgehead atoms. The summed E-state index contributed by atoms with van der Waals surface area (Å²) in [6, 6.07) is 18.3. The van der Waals surface area contributed by atoms with Crippen LogP contribution in [0.2, 0.25) is 0 Å². The second kappa shape index (κ2) is 6.95. The zero-order valence-corrected chi connectivity index (χ0v) is 16.7. The molecule has 0 aromatic heterocycles. The number of carbonyl (C=O) groups is 1. The van der Waals surface area contributed by atoms with Crippen LogP contribution in [0.1, 0.15) is 31.7 Å². The van der Waals surface area contributed by atoms with Crippen molar-refractivity contribution in [2.75, 3.05) is 16.2 Å². The highest BCUT2D eigenvalue weighted by Crippen LogP contribution is 2.41. The summed E-state index contributed by atoms with van der Waals surface area (Å²) in [5, 5.41) is 4.43. The van der Waals surface area contributed by atoms with E-state index in [1.165, 1.54) is 4.31 Å². The van der Waals surface area contributed by atoms with Gasteiger partial charge in [0.05, 0.1) is 10.6 Å². The number of anilines is 2. The lowest BCUT2D eigenvalue weighted by molar-refractivity contribution is -0.114. The number of para-hydroxylation sites is 1. The van der Waals surface area contributed by atoms with Crippen LogP contribution in [0, 0.1) is 0 Å². The van der Waals surface area contributed by atoms with E-state index in [1.807, 2.05) is 42.5 Å². The van der Waals surface area contributed by atoms with E-state index in [2.05, 4.69) is 19.2 Å². The number of benzene rings is 3. The Kier molecular flexibility index (Phi) is 4.59. The zero-order valence-electron chi connectivity index (χ0n) is 15.8. The van der Waals surface area contributed by atoms with Gasteiger partial charge in [-0.15, -0.1) is 0 Å². The summed E-state index contributed by atoms with van der Waals surface area (Å²) in [5.41, 5.74) is 2.33. The van der Waals surface area contributed by atoms with Gasteiger partial charge in [-0.25, -0.2) is 8.42 Å². The Bertz CT molecular complexity index is 1170. The minimum atomic E-state index is -3.74. The Morgan fingerprint density at radius 3 is 2.50 bits per heavy atom. The van der Waals surface area contributed by atoms with Crippen LogP contribution >= 0.6 is 0 Å². The number of rotatable bonds is 5. The second-order valence-corrected chi connectivity index (χ2v) is 8.92. The monoisotopic (exact) mass is 394 g/mol. The van der Waals surface area contributed by atoms with E-state index >= 15 is 0 Å². The maximum absolute atomic E-state index is 13.0. The molecular formula is C22H22N2O3S. The minimum Gasteiger partial charge on any atom is -0.324 e. The first-order chi connectivity index (χ1) is 13.4. The number of hydrogen-bond acceptors (Lipinski definition) is 3. The van der Waals surface area contributed by atoms with E-state index in [4.69, 9.17) is 0 Å². The maximum atomic E-state index is 13.0. The summed E-state index contributed by atoms with van der Waals surface area (Å²) < 4.78 is 27.2. The van der Waals surface area contributed by atoms with E-state index in [0.29, 0.717) is 17.0 Å². The van der Waals surface area contributed by atoms with Crippen molar-refractivity contribution in [3.8, 4) is 0 Å². The largest absolute Gasteiger partial charge is 0.324 e. The molecule has 4 rings (SSSR count). The number of sulfonamides is 1. The normalized spacial score (nSPS) is 15.6. The average molecular weight is 394 g/mol. The summed E-state index contributed by atoms with van der Waals surface area (Å²) in [7, 11) is -3.74. The third kappa shape index (κ3) is 2.94. The fraction of sp³-hybridized carbons (Fsp3) is 0.227. The van der Waals surface area contributed by atoms with Crippen molar-refractivity contribution in [1.29, 1.82) is 0 Å². The van der Waals surface area contributed by atoms with Gasteiger partial charge in [0.2, 0.25) is 5.91 Å². The molecule has 1 N–H and O–H groups in total. The lowest BCUT2D eigenvalue weighted by Gasteiger charge is -2.20. The van der Waals surface area contributed by atoms with Crippen LogP contribution in [0.3, 0.4) is 0 Å². The standard InChI is InChI=1S/C22H22N2O3S/c1-3-15(2)17-10-4-5-11-18(17)23-21(25)14-24-19-12-6-8-16-9-7-13-20(22(16)19)28(24,26)27/h4-13,15H,3,14H2,1-2H3,(H,23,25). The molecule has 0 fully saturated rings. The van der Waals surface area contributed by atoms with Gasteiger partial charge in [0.25, 0.3) is 10.0 Å². The highest BCUT2D eigenvalue weighted by Gasteiger charge is 2.36. The van der Waals surface area contributed by atoms with Crippen molar-refractivity contribution < 1.29 is 13.2 Å². The first-order valence-electron chi connectivity index (χ1n) is 9.36. The molecule has 28 heavy (non-hydrogen) atoms. The molecule has 1 unspecified atom stereocenters. The lowest BCUT2D eigenvalue weighted by atomic mass is 9.97. The molecule has 144 valence electrons. The van der Waals surface area contributed by atoms with Gasteiger partial charge in [0.15, 0.2) is 0 Å². The van der Waals surface area contributed by atoms with Crippen molar-refractivity contribution in [2.24, 2.45) is 0 Å². The van der Waals surface area contributed by atoms with Crippen LogP contribution in [0.5, 0.6) is 0 Å². The molecule has 0 spiro atoms. The van der Waals surface area contributed by atoms with Gasteiger partial charge in [-0.05, 0) is 41.5 Å². The van der Waals surface area contributed by atoms with Gasteiger partial charge >= 0.3 is 0 Å². The fourth-order valence-corrected chi connectivity index (χ4v) is 5.38. The zero-order chi connectivity index (χ0) is 19.9. The SMILES string of the molecule is CCC(C)c1ccccc1NC(=O)CN1c2cccc3cccc(c23)S1(=O)=O. The lowest BCUT2D eigenvalue weighted by Crippen LogP contribution is -2.35. The molecule has 0 aliphatic carbocycles. The van der Waals surface area contributed by atoms with Crippen LogP contribution in [0.15, 0.2) is 65.6 Å². The van der Waals surface area contributed by atoms with Gasteiger partial charge in [-0.1, -0.05) is 56.3 Å². The number of hydrogen-bond donors (Lipinski definition) is 1. The van der Waals surface area contributed by atoms with E-state index in [1.54, 1.807) is 18.2 Å². The molecule has 1 amide bonds. The quantitative estimate of drug-likeness (QED) is 0.693. The molecular weight excluding hydrogens is 372 g/mol. The Morgan fingerprint density at radius 1 is 1.04 bits per heavy atom. The Labute approximate surface area is 165 Å². The molecule has 6 heteroatoms. The van der Waals surface area contributed by atoms with Crippen LogP contribution < -0.4 is 9.62 Å². The van der Waals surface area contributed by atoms with Gasteiger partial charge in [0, 0.05) is 11.1 Å². The molecule has 3 aromatic rings. The van der Waals surface area contributed by atoms with Gasteiger partial charge < -0.3 is 5.32 Å². The fourth-order valence-electron chi connectivity index (χ4n) is 3.71. The highest BCUT2D eigenvalue weighted by atomic mass is 32.2. The summed E-state index contributed by atoms with van der Waals surface area (Å²) >= 11 is 0. The van der Waals surface area contributed by atoms with Crippen molar-refractivity contribution in [3.05, 3.63) is 66.2 Å². The van der Waals surface area contributed by atoms with Crippen LogP contribution in [-0.2, 0) is 14.8 Å². The van der Waals surface area contributed by atoms with Crippen LogP contribution in [0.4, 0.5) is 11.4 Å². The van der Waals surface area contributed by atoms with Crippen LogP contribution in [0.25, 0.3) is 10.8 Å². The molecule has 0 saturated carbocycles. The van der Waals surface area contributed by atoms with Crippen LogP contribution in [-0.4, -0.2) is 20.9 Å². The van der Waals surface area contributed by atoms with E-state index in [9.17, 15) is 13.2 Å². The third-order valence-corrected chi connectivity index (χ3v) is 7.15. The Balaban J connectivity index is 1.64. The molecule has 1 atom stereocenters. The predicted molar refractivity (Wildman–Crippen MR) is 112 cm³/mol. The highest BCUT2D eigenvalue weighted by molar-refractivity contribution is 7.93. The molecule has 5 nitrogen and oxygen atoms in total. The Morgan fingerprint density at radius 2 is 1.75 bits per heavy atom. The molecule has 1 heterocycles. The first kappa shape index (κ1) is 18.5. The summed E-state index contributed by atoms with van der Waals surface area (Å²) in [5.74, 6) is -0.0610. The number of amides is 1. The maximum Gasteiger partial charge on any atom is 0.265 e. The summed E-state index contributed by atoms with van der Waals surface area (Å²) in [6.45, 7) is 3.94. The van der Waals surface area contributed by atoms with Crippen molar-refractivity contribution in [3.63, 3.8) is 0 Å². The summed E-state index contributed by atoms with van der Waals surface area (Å²) in [6.07, 6.45) is 0.949. The third-order valence-electron chi connectivity index (χ3n) is 5.35.